The maximum Gasteiger partial charge on any atom is 0.236 e. The fourth-order valence-electron chi connectivity index (χ4n) is 5.03. The number of amides is 2. The van der Waals surface area contributed by atoms with Crippen LogP contribution in [0.3, 0.4) is 0 Å². The van der Waals surface area contributed by atoms with E-state index in [1.54, 1.807) is 0 Å². The van der Waals surface area contributed by atoms with Gasteiger partial charge >= 0.3 is 0 Å². The maximum atomic E-state index is 12.7. The van der Waals surface area contributed by atoms with Crippen molar-refractivity contribution in [3.8, 4) is 0 Å². The molecule has 31 heavy (non-hydrogen) atoms. The van der Waals surface area contributed by atoms with Gasteiger partial charge in [-0.25, -0.2) is 9.97 Å². The molecule has 0 bridgehead atoms. The van der Waals surface area contributed by atoms with Crippen molar-refractivity contribution >= 4 is 17.6 Å². The molecule has 1 aromatic rings. The predicted molar refractivity (Wildman–Crippen MR) is 121 cm³/mol. The van der Waals surface area contributed by atoms with Crippen molar-refractivity contribution in [3.05, 3.63) is 17.1 Å². The minimum atomic E-state index is 0.178. The number of carbonyl (C=O) groups is 2. The first-order valence-corrected chi connectivity index (χ1v) is 12.1. The van der Waals surface area contributed by atoms with E-state index in [9.17, 15) is 9.59 Å². The van der Waals surface area contributed by atoms with E-state index in [1.165, 1.54) is 6.42 Å². The number of rotatable bonds is 6. The molecule has 1 aromatic heterocycles. The predicted octanol–water partition coefficient (Wildman–Crippen LogP) is 2.91. The molecular formula is C24H37N5O2. The van der Waals surface area contributed by atoms with Gasteiger partial charge in [-0.05, 0) is 57.9 Å². The third-order valence-electron chi connectivity index (χ3n) is 6.99. The van der Waals surface area contributed by atoms with Gasteiger partial charge in [0.2, 0.25) is 11.8 Å². The van der Waals surface area contributed by atoms with Crippen molar-refractivity contribution in [2.75, 3.05) is 44.2 Å². The van der Waals surface area contributed by atoms with Crippen LogP contribution in [0.5, 0.6) is 0 Å². The number of hydrogen-bond acceptors (Lipinski definition) is 5. The Morgan fingerprint density at radius 1 is 1.10 bits per heavy atom. The first-order chi connectivity index (χ1) is 14.9. The van der Waals surface area contributed by atoms with Gasteiger partial charge in [0, 0.05) is 49.8 Å². The minimum absolute atomic E-state index is 0.178. The Morgan fingerprint density at radius 3 is 2.61 bits per heavy atom. The number of aromatic nitrogens is 2. The molecule has 0 radical (unpaired) electrons. The van der Waals surface area contributed by atoms with Crippen molar-refractivity contribution < 1.29 is 9.59 Å². The molecule has 0 aromatic carbocycles. The average Bonchev–Trinajstić information content (AvgIpc) is 3.21. The van der Waals surface area contributed by atoms with Crippen LogP contribution >= 0.6 is 0 Å². The van der Waals surface area contributed by atoms with E-state index < -0.39 is 0 Å². The zero-order valence-corrected chi connectivity index (χ0v) is 19.4. The molecule has 3 aliphatic rings. The van der Waals surface area contributed by atoms with Gasteiger partial charge in [0.05, 0.1) is 6.54 Å². The molecule has 0 saturated carbocycles. The van der Waals surface area contributed by atoms with Crippen LogP contribution in [0.15, 0.2) is 0 Å². The summed E-state index contributed by atoms with van der Waals surface area (Å²) in [4.78, 5) is 41.3. The molecule has 170 valence electrons. The molecule has 0 unspecified atom stereocenters. The SMILES string of the molecule is Cc1nc([C@H]2CCN(CC(=O)N3CCCCC3)C2)nc2c1CCC(=O)N2CCC(C)C. The Kier molecular flexibility index (Phi) is 6.89. The summed E-state index contributed by atoms with van der Waals surface area (Å²) in [6.45, 7) is 11.2. The highest BCUT2D eigenvalue weighted by Gasteiger charge is 2.32. The van der Waals surface area contributed by atoms with E-state index in [1.807, 2.05) is 16.7 Å². The lowest BCUT2D eigenvalue weighted by atomic mass is 10.0. The van der Waals surface area contributed by atoms with Crippen LogP contribution in [0.25, 0.3) is 0 Å². The van der Waals surface area contributed by atoms with E-state index in [2.05, 4.69) is 18.7 Å². The molecule has 0 aliphatic carbocycles. The van der Waals surface area contributed by atoms with Crippen LogP contribution in [0, 0.1) is 12.8 Å². The fourth-order valence-corrected chi connectivity index (χ4v) is 5.03. The van der Waals surface area contributed by atoms with Crippen molar-refractivity contribution in [1.29, 1.82) is 0 Å². The third-order valence-corrected chi connectivity index (χ3v) is 6.99. The van der Waals surface area contributed by atoms with Gasteiger partial charge in [-0.2, -0.15) is 0 Å². The molecule has 3 aliphatic heterocycles. The van der Waals surface area contributed by atoms with E-state index in [-0.39, 0.29) is 17.7 Å². The Hall–Kier alpha value is -2.02. The summed E-state index contributed by atoms with van der Waals surface area (Å²) >= 11 is 0. The summed E-state index contributed by atoms with van der Waals surface area (Å²) in [5.74, 6) is 2.88. The first kappa shape index (κ1) is 22.2. The molecule has 2 fully saturated rings. The highest BCUT2D eigenvalue weighted by Crippen LogP contribution is 2.32. The van der Waals surface area contributed by atoms with Crippen molar-refractivity contribution in [3.63, 3.8) is 0 Å². The van der Waals surface area contributed by atoms with Crippen LogP contribution in [0.2, 0.25) is 0 Å². The average molecular weight is 428 g/mol. The number of carbonyl (C=O) groups excluding carboxylic acids is 2. The Balaban J connectivity index is 1.46. The van der Waals surface area contributed by atoms with E-state index in [0.29, 0.717) is 18.9 Å². The lowest BCUT2D eigenvalue weighted by Gasteiger charge is -2.30. The summed E-state index contributed by atoms with van der Waals surface area (Å²) in [5.41, 5.74) is 2.13. The second-order valence-corrected chi connectivity index (χ2v) is 9.86. The lowest BCUT2D eigenvalue weighted by molar-refractivity contribution is -0.133. The van der Waals surface area contributed by atoms with Gasteiger partial charge in [0.1, 0.15) is 11.6 Å². The second-order valence-electron chi connectivity index (χ2n) is 9.86. The number of hydrogen-bond donors (Lipinski definition) is 0. The quantitative estimate of drug-likeness (QED) is 0.698. The van der Waals surface area contributed by atoms with E-state index >= 15 is 0 Å². The van der Waals surface area contributed by atoms with E-state index in [4.69, 9.17) is 9.97 Å². The molecule has 2 saturated heterocycles. The summed E-state index contributed by atoms with van der Waals surface area (Å²) in [6.07, 6.45) is 6.71. The number of likely N-dealkylation sites (tertiary alicyclic amines) is 2. The topological polar surface area (TPSA) is 69.6 Å². The summed E-state index contributed by atoms with van der Waals surface area (Å²) in [6, 6.07) is 0. The summed E-state index contributed by atoms with van der Waals surface area (Å²) in [5, 5.41) is 0. The molecule has 1 atom stereocenters. The second kappa shape index (κ2) is 9.63. The zero-order chi connectivity index (χ0) is 22.0. The fraction of sp³-hybridized carbons (Fsp3) is 0.750. The minimum Gasteiger partial charge on any atom is -0.342 e. The highest BCUT2D eigenvalue weighted by atomic mass is 16.2. The molecule has 4 rings (SSSR count). The van der Waals surface area contributed by atoms with Crippen LogP contribution in [0.1, 0.15) is 75.4 Å². The number of anilines is 1. The third kappa shape index (κ3) is 5.08. The van der Waals surface area contributed by atoms with E-state index in [0.717, 1.165) is 87.7 Å². The summed E-state index contributed by atoms with van der Waals surface area (Å²) < 4.78 is 0. The molecule has 0 spiro atoms. The molecule has 0 N–H and O–H groups in total. The van der Waals surface area contributed by atoms with Gasteiger partial charge < -0.3 is 4.90 Å². The zero-order valence-electron chi connectivity index (χ0n) is 19.4. The normalized spacial score (nSPS) is 22.3. The van der Waals surface area contributed by atoms with Gasteiger partial charge in [-0.3, -0.25) is 19.4 Å². The molecule has 2 amide bonds. The monoisotopic (exact) mass is 427 g/mol. The Bertz CT molecular complexity index is 818. The lowest BCUT2D eigenvalue weighted by Crippen LogP contribution is -2.42. The molecule has 7 heteroatoms. The van der Waals surface area contributed by atoms with Crippen molar-refractivity contribution in [2.45, 2.75) is 71.6 Å². The standard InChI is InChI=1S/C24H37N5O2/c1-17(2)9-14-29-21(30)8-7-20-18(3)25-23(26-24(20)29)19-10-13-27(15-19)16-22(31)28-11-5-4-6-12-28/h17,19H,4-16H2,1-3H3/t19-/m0/s1. The van der Waals surface area contributed by atoms with Crippen LogP contribution in [0.4, 0.5) is 5.82 Å². The largest absolute Gasteiger partial charge is 0.342 e. The number of aryl methyl sites for hydroxylation is 1. The Morgan fingerprint density at radius 2 is 1.87 bits per heavy atom. The Labute approximate surface area is 186 Å². The first-order valence-electron chi connectivity index (χ1n) is 12.1. The molecular weight excluding hydrogens is 390 g/mol. The van der Waals surface area contributed by atoms with Gasteiger partial charge in [-0.1, -0.05) is 13.8 Å². The smallest absolute Gasteiger partial charge is 0.236 e. The van der Waals surface area contributed by atoms with Crippen molar-refractivity contribution in [1.82, 2.24) is 19.8 Å². The van der Waals surface area contributed by atoms with Crippen LogP contribution < -0.4 is 4.90 Å². The molecule has 7 nitrogen and oxygen atoms in total. The summed E-state index contributed by atoms with van der Waals surface area (Å²) in [7, 11) is 0. The van der Waals surface area contributed by atoms with Crippen molar-refractivity contribution in [2.24, 2.45) is 5.92 Å². The number of fused-ring (bicyclic) bond motifs is 1. The number of piperidine rings is 1. The van der Waals surface area contributed by atoms with Crippen LogP contribution in [-0.2, 0) is 16.0 Å². The maximum absolute atomic E-state index is 12.7. The van der Waals surface area contributed by atoms with Gasteiger partial charge in [-0.15, -0.1) is 0 Å². The van der Waals surface area contributed by atoms with Gasteiger partial charge in [0.15, 0.2) is 0 Å². The molecule has 4 heterocycles. The highest BCUT2D eigenvalue weighted by molar-refractivity contribution is 5.95. The number of nitrogens with zero attached hydrogens (tertiary/aromatic N) is 5. The van der Waals surface area contributed by atoms with Crippen LogP contribution in [-0.4, -0.2) is 70.9 Å². The van der Waals surface area contributed by atoms with Gasteiger partial charge in [0.25, 0.3) is 0 Å².